The Balaban J connectivity index is 2.15. The van der Waals surface area contributed by atoms with Crippen molar-refractivity contribution in [3.05, 3.63) is 35.1 Å². The monoisotopic (exact) mass is 226 g/mol. The number of aliphatic hydroxyl groups excluding tert-OH is 1. The number of aryl methyl sites for hydroxylation is 1. The molecule has 1 aliphatic heterocycles. The third kappa shape index (κ3) is 2.40. The van der Waals surface area contributed by atoms with Gasteiger partial charge in [-0.2, -0.15) is 0 Å². The molecule has 0 aromatic heterocycles. The summed E-state index contributed by atoms with van der Waals surface area (Å²) in [7, 11) is 0. The van der Waals surface area contributed by atoms with Crippen LogP contribution in [0, 0.1) is 12.7 Å². The molecule has 2 unspecified atom stereocenters. The maximum atomic E-state index is 12.9. The molecule has 2 rings (SSSR count). The van der Waals surface area contributed by atoms with Crippen molar-refractivity contribution < 1.29 is 19.0 Å². The SMILES string of the molecule is Cc1cc(F)ccc1C(O)C1COCCO1. The van der Waals surface area contributed by atoms with Crippen molar-refractivity contribution in [2.75, 3.05) is 19.8 Å². The molecule has 0 bridgehead atoms. The summed E-state index contributed by atoms with van der Waals surface area (Å²) >= 11 is 0. The van der Waals surface area contributed by atoms with Gasteiger partial charge in [0.05, 0.1) is 19.8 Å². The van der Waals surface area contributed by atoms with E-state index in [1.54, 1.807) is 13.0 Å². The summed E-state index contributed by atoms with van der Waals surface area (Å²) in [6.07, 6.45) is -1.13. The van der Waals surface area contributed by atoms with Crippen LogP contribution in [0.2, 0.25) is 0 Å². The highest BCUT2D eigenvalue weighted by Gasteiger charge is 2.25. The summed E-state index contributed by atoms with van der Waals surface area (Å²) in [5.41, 5.74) is 1.42. The van der Waals surface area contributed by atoms with Crippen molar-refractivity contribution in [1.29, 1.82) is 0 Å². The van der Waals surface area contributed by atoms with Crippen LogP contribution in [0.4, 0.5) is 4.39 Å². The minimum atomic E-state index is -0.763. The zero-order valence-electron chi connectivity index (χ0n) is 9.15. The van der Waals surface area contributed by atoms with Crippen LogP contribution in [0.3, 0.4) is 0 Å². The van der Waals surface area contributed by atoms with Crippen molar-refractivity contribution in [2.45, 2.75) is 19.1 Å². The average molecular weight is 226 g/mol. The Hall–Kier alpha value is -0.970. The maximum Gasteiger partial charge on any atom is 0.123 e. The molecular weight excluding hydrogens is 211 g/mol. The van der Waals surface area contributed by atoms with E-state index in [2.05, 4.69) is 0 Å². The lowest BCUT2D eigenvalue weighted by Crippen LogP contribution is -2.34. The normalized spacial score (nSPS) is 23.1. The number of hydrogen-bond donors (Lipinski definition) is 1. The standard InChI is InChI=1S/C12H15FO3/c1-8-6-9(13)2-3-10(8)12(14)11-7-15-4-5-16-11/h2-3,6,11-12,14H,4-5,7H2,1H3. The van der Waals surface area contributed by atoms with Crippen LogP contribution in [-0.4, -0.2) is 31.0 Å². The van der Waals surface area contributed by atoms with E-state index >= 15 is 0 Å². The van der Waals surface area contributed by atoms with Gasteiger partial charge in [-0.05, 0) is 30.2 Å². The van der Waals surface area contributed by atoms with Gasteiger partial charge in [-0.1, -0.05) is 6.07 Å². The zero-order chi connectivity index (χ0) is 11.5. The largest absolute Gasteiger partial charge is 0.386 e. The van der Waals surface area contributed by atoms with Crippen molar-refractivity contribution >= 4 is 0 Å². The Kier molecular flexibility index (Phi) is 3.53. The van der Waals surface area contributed by atoms with E-state index in [0.29, 0.717) is 25.4 Å². The summed E-state index contributed by atoms with van der Waals surface area (Å²) in [5.74, 6) is -0.297. The molecule has 1 aromatic rings. The predicted molar refractivity (Wildman–Crippen MR) is 56.7 cm³/mol. The Labute approximate surface area is 93.8 Å². The molecule has 0 spiro atoms. The lowest BCUT2D eigenvalue weighted by Gasteiger charge is -2.28. The summed E-state index contributed by atoms with van der Waals surface area (Å²) in [6, 6.07) is 4.34. The first-order chi connectivity index (χ1) is 7.68. The van der Waals surface area contributed by atoms with Crippen molar-refractivity contribution in [3.8, 4) is 0 Å². The van der Waals surface area contributed by atoms with Crippen molar-refractivity contribution in [2.24, 2.45) is 0 Å². The number of rotatable bonds is 2. The van der Waals surface area contributed by atoms with Crippen molar-refractivity contribution in [1.82, 2.24) is 0 Å². The Morgan fingerprint density at radius 3 is 2.88 bits per heavy atom. The lowest BCUT2D eigenvalue weighted by molar-refractivity contribution is -0.133. The summed E-state index contributed by atoms with van der Waals surface area (Å²) < 4.78 is 23.6. The molecule has 88 valence electrons. The van der Waals surface area contributed by atoms with Crippen LogP contribution < -0.4 is 0 Å². The second-order valence-corrected chi connectivity index (χ2v) is 3.93. The third-order valence-corrected chi connectivity index (χ3v) is 2.74. The van der Waals surface area contributed by atoms with E-state index in [4.69, 9.17) is 9.47 Å². The van der Waals surface area contributed by atoms with E-state index in [1.165, 1.54) is 12.1 Å². The molecule has 0 saturated carbocycles. The Morgan fingerprint density at radius 1 is 1.44 bits per heavy atom. The number of halogens is 1. The molecule has 0 radical (unpaired) electrons. The molecule has 0 amide bonds. The van der Waals surface area contributed by atoms with E-state index in [-0.39, 0.29) is 11.9 Å². The smallest absolute Gasteiger partial charge is 0.123 e. The van der Waals surface area contributed by atoms with Crippen LogP contribution >= 0.6 is 0 Å². The van der Waals surface area contributed by atoms with Crippen LogP contribution in [0.15, 0.2) is 18.2 Å². The molecule has 16 heavy (non-hydrogen) atoms. The van der Waals surface area contributed by atoms with Gasteiger partial charge < -0.3 is 14.6 Å². The van der Waals surface area contributed by atoms with Gasteiger partial charge in [0.25, 0.3) is 0 Å². The van der Waals surface area contributed by atoms with Gasteiger partial charge in [-0.3, -0.25) is 0 Å². The van der Waals surface area contributed by atoms with E-state index in [9.17, 15) is 9.50 Å². The first-order valence-corrected chi connectivity index (χ1v) is 5.32. The lowest BCUT2D eigenvalue weighted by atomic mass is 9.99. The molecule has 1 aromatic carbocycles. The van der Waals surface area contributed by atoms with Crippen LogP contribution in [0.25, 0.3) is 0 Å². The zero-order valence-corrected chi connectivity index (χ0v) is 9.15. The van der Waals surface area contributed by atoms with E-state index < -0.39 is 6.10 Å². The molecule has 1 saturated heterocycles. The Morgan fingerprint density at radius 2 is 2.25 bits per heavy atom. The number of aliphatic hydroxyl groups is 1. The molecule has 0 aliphatic carbocycles. The highest BCUT2D eigenvalue weighted by molar-refractivity contribution is 5.29. The van der Waals surface area contributed by atoms with Crippen LogP contribution in [0.1, 0.15) is 17.2 Å². The number of hydrogen-bond acceptors (Lipinski definition) is 3. The number of benzene rings is 1. The van der Waals surface area contributed by atoms with Gasteiger partial charge in [0.15, 0.2) is 0 Å². The average Bonchev–Trinajstić information content (AvgIpc) is 2.29. The van der Waals surface area contributed by atoms with Gasteiger partial charge >= 0.3 is 0 Å². The highest BCUT2D eigenvalue weighted by atomic mass is 19.1. The fourth-order valence-electron chi connectivity index (χ4n) is 1.86. The minimum Gasteiger partial charge on any atom is -0.386 e. The number of ether oxygens (including phenoxy) is 2. The first-order valence-electron chi connectivity index (χ1n) is 5.32. The van der Waals surface area contributed by atoms with E-state index in [1.807, 2.05) is 0 Å². The molecule has 1 aliphatic rings. The summed E-state index contributed by atoms with van der Waals surface area (Å²) in [4.78, 5) is 0. The predicted octanol–water partition coefficient (Wildman–Crippen LogP) is 1.58. The minimum absolute atomic E-state index is 0.297. The quantitative estimate of drug-likeness (QED) is 0.832. The third-order valence-electron chi connectivity index (χ3n) is 2.74. The second kappa shape index (κ2) is 4.91. The van der Waals surface area contributed by atoms with Crippen LogP contribution in [-0.2, 0) is 9.47 Å². The van der Waals surface area contributed by atoms with Gasteiger partial charge in [-0.25, -0.2) is 4.39 Å². The molecule has 1 N–H and O–H groups in total. The highest BCUT2D eigenvalue weighted by Crippen LogP contribution is 2.24. The van der Waals surface area contributed by atoms with Crippen LogP contribution in [0.5, 0.6) is 0 Å². The molecule has 1 fully saturated rings. The van der Waals surface area contributed by atoms with E-state index in [0.717, 1.165) is 5.56 Å². The molecule has 2 atom stereocenters. The summed E-state index contributed by atoms with van der Waals surface area (Å²) in [5, 5.41) is 10.1. The molecular formula is C12H15FO3. The van der Waals surface area contributed by atoms with Gasteiger partial charge in [0.2, 0.25) is 0 Å². The second-order valence-electron chi connectivity index (χ2n) is 3.93. The van der Waals surface area contributed by atoms with Gasteiger partial charge in [-0.15, -0.1) is 0 Å². The van der Waals surface area contributed by atoms with Gasteiger partial charge in [0, 0.05) is 0 Å². The summed E-state index contributed by atoms with van der Waals surface area (Å²) in [6.45, 7) is 3.19. The Bertz CT molecular complexity index is 361. The molecule has 4 heteroatoms. The fourth-order valence-corrected chi connectivity index (χ4v) is 1.86. The molecule has 1 heterocycles. The maximum absolute atomic E-state index is 12.9. The first kappa shape index (κ1) is 11.5. The molecule has 3 nitrogen and oxygen atoms in total. The fraction of sp³-hybridized carbons (Fsp3) is 0.500. The topological polar surface area (TPSA) is 38.7 Å². The van der Waals surface area contributed by atoms with Crippen molar-refractivity contribution in [3.63, 3.8) is 0 Å². The van der Waals surface area contributed by atoms with Gasteiger partial charge in [0.1, 0.15) is 18.0 Å².